The van der Waals surface area contributed by atoms with Crippen LogP contribution in [0.15, 0.2) is 34.0 Å². The van der Waals surface area contributed by atoms with E-state index in [9.17, 15) is 0 Å². The molecule has 2 rings (SSSR count). The molecule has 0 aliphatic heterocycles. The Hall–Kier alpha value is -1.60. The lowest BCUT2D eigenvalue weighted by Crippen LogP contribution is -2.39. The fraction of sp³-hybridized carbons (Fsp3) is 0.471. The van der Waals surface area contributed by atoms with Gasteiger partial charge in [-0.15, -0.1) is 10.2 Å². The second-order valence-electron chi connectivity index (χ2n) is 5.47. The lowest BCUT2D eigenvalue weighted by Gasteiger charge is -2.12. The predicted molar refractivity (Wildman–Crippen MR) is 106 cm³/mol. The van der Waals surface area contributed by atoms with Crippen LogP contribution in [-0.4, -0.2) is 40.4 Å². The summed E-state index contributed by atoms with van der Waals surface area (Å²) in [4.78, 5) is 4.63. The first-order valence-corrected chi connectivity index (χ1v) is 9.64. The van der Waals surface area contributed by atoms with Crippen LogP contribution in [0.25, 0.3) is 0 Å². The van der Waals surface area contributed by atoms with Crippen LogP contribution in [0.5, 0.6) is 0 Å². The van der Waals surface area contributed by atoms with Gasteiger partial charge in [0.2, 0.25) is 0 Å². The Kier molecular flexibility index (Phi) is 8.21. The number of aryl methyl sites for hydroxylation is 1. The van der Waals surface area contributed by atoms with Crippen molar-refractivity contribution in [2.24, 2.45) is 4.99 Å². The van der Waals surface area contributed by atoms with Crippen molar-refractivity contribution in [3.63, 3.8) is 0 Å². The number of halogens is 2. The first-order valence-electron chi connectivity index (χ1n) is 8.46. The Bertz CT molecular complexity index is 700. The van der Waals surface area contributed by atoms with Crippen molar-refractivity contribution >= 4 is 33.5 Å². The molecule has 0 bridgehead atoms. The number of guanidine groups is 1. The number of aliphatic imine (C=N–C) groups is 1. The van der Waals surface area contributed by atoms with Crippen LogP contribution in [0.3, 0.4) is 0 Å². The van der Waals surface area contributed by atoms with Crippen LogP contribution in [0, 0.1) is 0 Å². The van der Waals surface area contributed by atoms with Gasteiger partial charge in [0, 0.05) is 42.1 Å². The van der Waals surface area contributed by atoms with E-state index in [0.29, 0.717) is 6.54 Å². The summed E-state index contributed by atoms with van der Waals surface area (Å²) < 4.78 is 3.12. The van der Waals surface area contributed by atoms with Crippen molar-refractivity contribution < 1.29 is 0 Å². The molecule has 0 saturated heterocycles. The molecule has 1 heterocycles. The maximum Gasteiger partial charge on any atom is 0.191 e. The monoisotopic (exact) mass is 426 g/mol. The molecule has 136 valence electrons. The van der Waals surface area contributed by atoms with Gasteiger partial charge in [-0.05, 0) is 37.1 Å². The van der Waals surface area contributed by atoms with Crippen LogP contribution in [0.2, 0.25) is 5.02 Å². The minimum Gasteiger partial charge on any atom is -0.357 e. The summed E-state index contributed by atoms with van der Waals surface area (Å²) in [7, 11) is 0. The summed E-state index contributed by atoms with van der Waals surface area (Å²) >= 11 is 9.61. The van der Waals surface area contributed by atoms with E-state index >= 15 is 0 Å². The molecule has 0 spiro atoms. The van der Waals surface area contributed by atoms with Gasteiger partial charge in [-0.3, -0.25) is 4.99 Å². The Labute approximate surface area is 162 Å². The standard InChI is InChI=1S/C17H24BrClN6/c1-3-16-24-23-12-25(16)10-9-22-17(20-4-2)21-8-7-13-11-14(19)5-6-15(13)18/h5-6,11-12H,3-4,7-10H2,1-2H3,(H2,20,21,22). The molecule has 0 aliphatic rings. The Balaban J connectivity index is 1.86. The minimum absolute atomic E-state index is 0.682. The molecular weight excluding hydrogens is 404 g/mol. The molecule has 2 N–H and O–H groups in total. The summed E-state index contributed by atoms with van der Waals surface area (Å²) in [6.45, 7) is 7.20. The van der Waals surface area contributed by atoms with Gasteiger partial charge in [-0.2, -0.15) is 0 Å². The van der Waals surface area contributed by atoms with Gasteiger partial charge in [-0.1, -0.05) is 34.5 Å². The number of nitrogens with one attached hydrogen (secondary N) is 2. The number of aromatic nitrogens is 3. The van der Waals surface area contributed by atoms with Crippen molar-refractivity contribution in [1.29, 1.82) is 0 Å². The van der Waals surface area contributed by atoms with Crippen LogP contribution < -0.4 is 10.6 Å². The number of benzene rings is 1. The normalized spacial score (nSPS) is 11.6. The molecule has 0 fully saturated rings. The second kappa shape index (κ2) is 10.4. The van der Waals surface area contributed by atoms with Gasteiger partial charge in [0.05, 0.1) is 0 Å². The minimum atomic E-state index is 0.682. The third kappa shape index (κ3) is 6.32. The van der Waals surface area contributed by atoms with Crippen molar-refractivity contribution in [3.8, 4) is 0 Å². The van der Waals surface area contributed by atoms with E-state index in [2.05, 4.69) is 60.2 Å². The van der Waals surface area contributed by atoms with Crippen LogP contribution in [0.1, 0.15) is 25.2 Å². The average Bonchev–Trinajstić information content (AvgIpc) is 3.05. The van der Waals surface area contributed by atoms with Gasteiger partial charge in [-0.25, -0.2) is 0 Å². The number of nitrogens with zero attached hydrogens (tertiary/aromatic N) is 4. The molecule has 0 saturated carbocycles. The Morgan fingerprint density at radius 3 is 2.92 bits per heavy atom. The van der Waals surface area contributed by atoms with E-state index in [1.807, 2.05) is 18.2 Å². The molecule has 1 aromatic carbocycles. The van der Waals surface area contributed by atoms with Gasteiger partial charge in [0.15, 0.2) is 5.96 Å². The number of rotatable bonds is 8. The van der Waals surface area contributed by atoms with Gasteiger partial charge < -0.3 is 15.2 Å². The highest BCUT2D eigenvalue weighted by Crippen LogP contribution is 2.21. The van der Waals surface area contributed by atoms with Crippen molar-refractivity contribution in [2.75, 3.05) is 19.6 Å². The molecule has 25 heavy (non-hydrogen) atoms. The second-order valence-corrected chi connectivity index (χ2v) is 6.76. The quantitative estimate of drug-likeness (QED) is 0.502. The third-order valence-electron chi connectivity index (χ3n) is 3.66. The molecule has 0 aliphatic carbocycles. The smallest absolute Gasteiger partial charge is 0.191 e. The fourth-order valence-electron chi connectivity index (χ4n) is 2.40. The zero-order valence-corrected chi connectivity index (χ0v) is 16.9. The van der Waals surface area contributed by atoms with Crippen molar-refractivity contribution in [3.05, 3.63) is 45.4 Å². The lowest BCUT2D eigenvalue weighted by molar-refractivity contribution is 0.632. The van der Waals surface area contributed by atoms with E-state index in [1.165, 1.54) is 0 Å². The highest BCUT2D eigenvalue weighted by molar-refractivity contribution is 9.10. The van der Waals surface area contributed by atoms with Crippen LogP contribution in [-0.2, 0) is 19.4 Å². The van der Waals surface area contributed by atoms with Gasteiger partial charge in [0.1, 0.15) is 12.2 Å². The highest BCUT2D eigenvalue weighted by Gasteiger charge is 2.03. The molecule has 0 unspecified atom stereocenters. The largest absolute Gasteiger partial charge is 0.357 e. The number of hydrogen-bond acceptors (Lipinski definition) is 3. The average molecular weight is 428 g/mol. The van der Waals surface area contributed by atoms with E-state index in [1.54, 1.807) is 6.33 Å². The molecule has 8 heteroatoms. The zero-order chi connectivity index (χ0) is 18.1. The van der Waals surface area contributed by atoms with E-state index < -0.39 is 0 Å². The van der Waals surface area contributed by atoms with Gasteiger partial charge >= 0.3 is 0 Å². The molecule has 1 aromatic heterocycles. The SMILES string of the molecule is CCNC(=NCCc1cc(Cl)ccc1Br)NCCn1cnnc1CC. The lowest BCUT2D eigenvalue weighted by atomic mass is 10.1. The predicted octanol–water partition coefficient (Wildman–Crippen LogP) is 3.05. The molecule has 0 amide bonds. The first kappa shape index (κ1) is 19.7. The summed E-state index contributed by atoms with van der Waals surface area (Å²) in [6, 6.07) is 5.81. The molecule has 2 aromatic rings. The summed E-state index contributed by atoms with van der Waals surface area (Å²) in [5.74, 6) is 1.81. The maximum absolute atomic E-state index is 6.06. The topological polar surface area (TPSA) is 67.1 Å². The maximum atomic E-state index is 6.06. The summed E-state index contributed by atoms with van der Waals surface area (Å²) in [6.07, 6.45) is 3.47. The Morgan fingerprint density at radius 1 is 1.32 bits per heavy atom. The summed E-state index contributed by atoms with van der Waals surface area (Å²) in [5.41, 5.74) is 1.16. The van der Waals surface area contributed by atoms with E-state index in [-0.39, 0.29) is 0 Å². The molecular formula is C17H24BrClN6. The molecule has 0 atom stereocenters. The summed E-state index contributed by atoms with van der Waals surface area (Å²) in [5, 5.41) is 15.4. The zero-order valence-electron chi connectivity index (χ0n) is 14.6. The third-order valence-corrected chi connectivity index (χ3v) is 4.67. The number of hydrogen-bond donors (Lipinski definition) is 2. The fourth-order valence-corrected chi connectivity index (χ4v) is 3.04. The Morgan fingerprint density at radius 2 is 2.16 bits per heavy atom. The van der Waals surface area contributed by atoms with Crippen LogP contribution in [0.4, 0.5) is 0 Å². The van der Waals surface area contributed by atoms with E-state index in [4.69, 9.17) is 11.6 Å². The molecule has 6 nitrogen and oxygen atoms in total. The van der Waals surface area contributed by atoms with Gasteiger partial charge in [0.25, 0.3) is 0 Å². The van der Waals surface area contributed by atoms with Crippen molar-refractivity contribution in [2.45, 2.75) is 33.2 Å². The highest BCUT2D eigenvalue weighted by atomic mass is 79.9. The molecule has 0 radical (unpaired) electrons. The van der Waals surface area contributed by atoms with E-state index in [0.717, 1.165) is 59.3 Å². The van der Waals surface area contributed by atoms with Crippen LogP contribution >= 0.6 is 27.5 Å². The van der Waals surface area contributed by atoms with Crippen molar-refractivity contribution in [1.82, 2.24) is 25.4 Å². The first-order chi connectivity index (χ1) is 12.1.